The van der Waals surface area contributed by atoms with Gasteiger partial charge in [0.1, 0.15) is 17.2 Å². The molecule has 0 aliphatic heterocycles. The van der Waals surface area contributed by atoms with Gasteiger partial charge in [0.25, 0.3) is 5.91 Å². The number of hydrogen-bond acceptors (Lipinski definition) is 3. The number of nitrogens with one attached hydrogen (secondary N) is 1. The summed E-state index contributed by atoms with van der Waals surface area (Å²) in [6.45, 7) is -2.90. The predicted octanol–water partition coefficient (Wildman–Crippen LogP) is 5.33. The summed E-state index contributed by atoms with van der Waals surface area (Å²) in [6.07, 6.45) is 0. The van der Waals surface area contributed by atoms with E-state index in [-0.39, 0.29) is 11.7 Å². The van der Waals surface area contributed by atoms with Crippen LogP contribution in [0, 0.1) is 0 Å². The molecule has 132 valence electrons. The van der Waals surface area contributed by atoms with Gasteiger partial charge in [-0.1, -0.05) is 18.2 Å². The molecule has 1 amide bonds. The number of benzene rings is 3. The van der Waals surface area contributed by atoms with Gasteiger partial charge in [-0.15, -0.1) is 0 Å². The van der Waals surface area contributed by atoms with Gasteiger partial charge in [-0.3, -0.25) is 4.79 Å². The molecule has 0 aliphatic carbocycles. The van der Waals surface area contributed by atoms with Gasteiger partial charge in [-0.25, -0.2) is 0 Å². The van der Waals surface area contributed by atoms with Crippen LogP contribution >= 0.6 is 0 Å². The number of ether oxygens (including phenoxy) is 2. The van der Waals surface area contributed by atoms with E-state index in [4.69, 9.17) is 4.74 Å². The summed E-state index contributed by atoms with van der Waals surface area (Å²) in [4.78, 5) is 12.2. The number of halogens is 2. The fourth-order valence-electron chi connectivity index (χ4n) is 2.22. The van der Waals surface area contributed by atoms with E-state index < -0.39 is 6.61 Å². The number of hydrogen-bond donors (Lipinski definition) is 1. The Labute approximate surface area is 149 Å². The number of rotatable bonds is 6. The minimum Gasteiger partial charge on any atom is -0.457 e. The van der Waals surface area contributed by atoms with Crippen LogP contribution in [0.4, 0.5) is 14.5 Å². The Balaban J connectivity index is 1.60. The Bertz CT molecular complexity index is 850. The molecule has 0 aromatic heterocycles. The average Bonchev–Trinajstić information content (AvgIpc) is 2.64. The molecule has 0 spiro atoms. The first-order valence-electron chi connectivity index (χ1n) is 7.79. The molecule has 0 radical (unpaired) electrons. The van der Waals surface area contributed by atoms with E-state index >= 15 is 0 Å². The van der Waals surface area contributed by atoms with Crippen LogP contribution in [0.2, 0.25) is 0 Å². The molecule has 1 N–H and O–H groups in total. The predicted molar refractivity (Wildman–Crippen MR) is 94.0 cm³/mol. The Hall–Kier alpha value is -3.41. The van der Waals surface area contributed by atoms with Gasteiger partial charge in [-0.2, -0.15) is 8.78 Å². The summed E-state index contributed by atoms with van der Waals surface area (Å²) in [7, 11) is 0. The van der Waals surface area contributed by atoms with Crippen LogP contribution in [0.5, 0.6) is 17.2 Å². The maximum absolute atomic E-state index is 12.2. The molecule has 0 heterocycles. The van der Waals surface area contributed by atoms with Crippen molar-refractivity contribution in [3.8, 4) is 17.2 Å². The molecule has 0 aliphatic rings. The molecule has 0 unspecified atom stereocenters. The minimum absolute atomic E-state index is 0.000960. The first-order valence-corrected chi connectivity index (χ1v) is 7.79. The lowest BCUT2D eigenvalue weighted by Crippen LogP contribution is -2.11. The van der Waals surface area contributed by atoms with E-state index in [0.717, 1.165) is 5.75 Å². The van der Waals surface area contributed by atoms with Crippen molar-refractivity contribution in [1.29, 1.82) is 0 Å². The average molecular weight is 355 g/mol. The molecule has 0 bridgehead atoms. The summed E-state index contributed by atoms with van der Waals surface area (Å²) >= 11 is 0. The number of amides is 1. The zero-order valence-electron chi connectivity index (χ0n) is 13.6. The van der Waals surface area contributed by atoms with Crippen LogP contribution in [0.25, 0.3) is 0 Å². The Morgan fingerprint density at radius 3 is 1.96 bits per heavy atom. The maximum Gasteiger partial charge on any atom is 0.387 e. The fourth-order valence-corrected chi connectivity index (χ4v) is 2.22. The van der Waals surface area contributed by atoms with E-state index in [2.05, 4.69) is 10.1 Å². The van der Waals surface area contributed by atoms with Crippen molar-refractivity contribution in [2.24, 2.45) is 0 Å². The van der Waals surface area contributed by atoms with Gasteiger partial charge in [-0.05, 0) is 60.7 Å². The highest BCUT2D eigenvalue weighted by molar-refractivity contribution is 6.04. The normalized spacial score (nSPS) is 10.4. The summed E-state index contributed by atoms with van der Waals surface area (Å²) in [5.74, 6) is 1.00. The SMILES string of the molecule is O=C(Nc1ccc(Oc2ccccc2)cc1)c1ccc(OC(F)F)cc1. The highest BCUT2D eigenvalue weighted by Crippen LogP contribution is 2.23. The fraction of sp³-hybridized carbons (Fsp3) is 0.0500. The monoisotopic (exact) mass is 355 g/mol. The molecule has 0 atom stereocenters. The van der Waals surface area contributed by atoms with E-state index in [1.54, 1.807) is 24.3 Å². The van der Waals surface area contributed by atoms with Crippen molar-refractivity contribution in [2.45, 2.75) is 6.61 Å². The summed E-state index contributed by atoms with van der Waals surface area (Å²) in [5, 5.41) is 2.73. The van der Waals surface area contributed by atoms with Gasteiger partial charge in [0.05, 0.1) is 0 Å². The molecule has 3 aromatic carbocycles. The van der Waals surface area contributed by atoms with Crippen LogP contribution in [-0.4, -0.2) is 12.5 Å². The quantitative estimate of drug-likeness (QED) is 0.650. The third-order valence-corrected chi connectivity index (χ3v) is 3.43. The molecular weight excluding hydrogens is 340 g/mol. The standard InChI is InChI=1S/C20H15F2NO3/c21-20(22)26-18-10-6-14(7-11-18)19(24)23-15-8-12-17(13-9-15)25-16-4-2-1-3-5-16/h1-13,20H,(H,23,24). The Morgan fingerprint density at radius 2 is 1.35 bits per heavy atom. The van der Waals surface area contributed by atoms with Gasteiger partial charge >= 0.3 is 6.61 Å². The van der Waals surface area contributed by atoms with Crippen molar-refractivity contribution in [3.05, 3.63) is 84.4 Å². The molecule has 3 aromatic rings. The molecule has 0 saturated heterocycles. The van der Waals surface area contributed by atoms with Crippen LogP contribution in [0.15, 0.2) is 78.9 Å². The van der Waals surface area contributed by atoms with Crippen LogP contribution in [-0.2, 0) is 0 Å². The number of para-hydroxylation sites is 1. The molecule has 6 heteroatoms. The van der Waals surface area contributed by atoms with E-state index in [9.17, 15) is 13.6 Å². The number of alkyl halides is 2. The lowest BCUT2D eigenvalue weighted by Gasteiger charge is -2.09. The number of carbonyl (C=O) groups is 1. The third kappa shape index (κ3) is 4.80. The molecule has 3 rings (SSSR count). The van der Waals surface area contributed by atoms with Gasteiger partial charge in [0.2, 0.25) is 0 Å². The Kier molecular flexibility index (Phi) is 5.43. The molecule has 0 saturated carbocycles. The first-order chi connectivity index (χ1) is 12.6. The molecule has 4 nitrogen and oxygen atoms in total. The Morgan fingerprint density at radius 1 is 0.769 bits per heavy atom. The van der Waals surface area contributed by atoms with Crippen molar-refractivity contribution >= 4 is 11.6 Å². The van der Waals surface area contributed by atoms with Crippen molar-refractivity contribution in [3.63, 3.8) is 0 Å². The first kappa shape index (κ1) is 17.4. The number of carbonyl (C=O) groups excluding carboxylic acids is 1. The summed E-state index contributed by atoms with van der Waals surface area (Å²) < 4.78 is 34.2. The van der Waals surface area contributed by atoms with Crippen LogP contribution < -0.4 is 14.8 Å². The van der Waals surface area contributed by atoms with Gasteiger partial charge < -0.3 is 14.8 Å². The second kappa shape index (κ2) is 8.11. The van der Waals surface area contributed by atoms with Crippen LogP contribution in [0.1, 0.15) is 10.4 Å². The van der Waals surface area contributed by atoms with E-state index in [1.807, 2.05) is 30.3 Å². The van der Waals surface area contributed by atoms with Crippen molar-refractivity contribution < 1.29 is 23.0 Å². The highest BCUT2D eigenvalue weighted by atomic mass is 19.3. The molecule has 26 heavy (non-hydrogen) atoms. The molecular formula is C20H15F2NO3. The summed E-state index contributed by atoms with van der Waals surface area (Å²) in [6, 6.07) is 21.7. The second-order valence-electron chi connectivity index (χ2n) is 5.30. The topological polar surface area (TPSA) is 47.6 Å². The van der Waals surface area contributed by atoms with Gasteiger partial charge in [0, 0.05) is 11.3 Å². The largest absolute Gasteiger partial charge is 0.457 e. The van der Waals surface area contributed by atoms with Crippen molar-refractivity contribution in [1.82, 2.24) is 0 Å². The maximum atomic E-state index is 12.2. The van der Waals surface area contributed by atoms with E-state index in [1.165, 1.54) is 24.3 Å². The van der Waals surface area contributed by atoms with Crippen LogP contribution in [0.3, 0.4) is 0 Å². The highest BCUT2D eigenvalue weighted by Gasteiger charge is 2.08. The van der Waals surface area contributed by atoms with Gasteiger partial charge in [0.15, 0.2) is 0 Å². The smallest absolute Gasteiger partial charge is 0.387 e. The third-order valence-electron chi connectivity index (χ3n) is 3.43. The zero-order chi connectivity index (χ0) is 18.4. The van der Waals surface area contributed by atoms with Crippen molar-refractivity contribution in [2.75, 3.05) is 5.32 Å². The second-order valence-corrected chi connectivity index (χ2v) is 5.30. The number of anilines is 1. The van der Waals surface area contributed by atoms with E-state index in [0.29, 0.717) is 17.0 Å². The minimum atomic E-state index is -2.90. The zero-order valence-corrected chi connectivity index (χ0v) is 13.6. The lowest BCUT2D eigenvalue weighted by molar-refractivity contribution is -0.0498. The molecule has 0 fully saturated rings. The summed E-state index contributed by atoms with van der Waals surface area (Å²) in [5.41, 5.74) is 0.916. The lowest BCUT2D eigenvalue weighted by atomic mass is 10.2.